The van der Waals surface area contributed by atoms with Gasteiger partial charge in [0.2, 0.25) is 0 Å². The second-order valence-electron chi connectivity index (χ2n) is 5.40. The molecule has 1 fully saturated rings. The lowest BCUT2D eigenvalue weighted by Crippen LogP contribution is -2.58. The van der Waals surface area contributed by atoms with Crippen LogP contribution >= 0.6 is 0 Å². The van der Waals surface area contributed by atoms with Gasteiger partial charge in [0.15, 0.2) is 5.58 Å². The van der Waals surface area contributed by atoms with Gasteiger partial charge in [0, 0.05) is 19.2 Å². The number of amides is 1. The number of halogens is 1. The number of carbonyl (C=O) groups is 1. The molecule has 0 unspecified atom stereocenters. The van der Waals surface area contributed by atoms with E-state index in [2.05, 4.69) is 4.98 Å². The molecule has 0 spiro atoms. The summed E-state index contributed by atoms with van der Waals surface area (Å²) in [6.07, 6.45) is -0.922. The van der Waals surface area contributed by atoms with Gasteiger partial charge in [-0.25, -0.2) is 9.18 Å². The van der Waals surface area contributed by atoms with Crippen LogP contribution in [0.25, 0.3) is 11.1 Å². The average molecular weight is 293 g/mol. The van der Waals surface area contributed by atoms with E-state index in [4.69, 9.17) is 4.42 Å². The van der Waals surface area contributed by atoms with Crippen molar-refractivity contribution in [2.24, 2.45) is 0 Å². The number of piperazine rings is 1. The van der Waals surface area contributed by atoms with Crippen molar-refractivity contribution in [2.75, 3.05) is 18.0 Å². The van der Waals surface area contributed by atoms with E-state index in [1.165, 1.54) is 17.0 Å². The van der Waals surface area contributed by atoms with Gasteiger partial charge >= 0.3 is 6.09 Å². The Morgan fingerprint density at radius 2 is 2.05 bits per heavy atom. The Labute approximate surface area is 120 Å². The fourth-order valence-corrected chi connectivity index (χ4v) is 2.88. The highest BCUT2D eigenvalue weighted by molar-refractivity contribution is 5.74. The Hall–Kier alpha value is -2.31. The van der Waals surface area contributed by atoms with E-state index < -0.39 is 6.09 Å². The van der Waals surface area contributed by atoms with Crippen molar-refractivity contribution < 1.29 is 18.7 Å². The van der Waals surface area contributed by atoms with Gasteiger partial charge in [-0.3, -0.25) is 4.90 Å². The topological polar surface area (TPSA) is 69.8 Å². The number of nitrogens with zero attached hydrogens (tertiary/aromatic N) is 3. The van der Waals surface area contributed by atoms with Gasteiger partial charge in [-0.05, 0) is 26.0 Å². The summed E-state index contributed by atoms with van der Waals surface area (Å²) in [5.41, 5.74) is 0.985. The zero-order valence-corrected chi connectivity index (χ0v) is 11.8. The molecule has 1 amide bonds. The summed E-state index contributed by atoms with van der Waals surface area (Å²) < 4.78 is 18.8. The molecule has 1 N–H and O–H groups in total. The smallest absolute Gasteiger partial charge is 0.407 e. The van der Waals surface area contributed by atoms with Gasteiger partial charge in [-0.15, -0.1) is 0 Å². The third kappa shape index (κ3) is 2.39. The van der Waals surface area contributed by atoms with Gasteiger partial charge in [0.25, 0.3) is 6.01 Å². The molecule has 21 heavy (non-hydrogen) atoms. The van der Waals surface area contributed by atoms with Crippen molar-refractivity contribution in [2.45, 2.75) is 25.9 Å². The Morgan fingerprint density at radius 1 is 1.38 bits per heavy atom. The number of rotatable bonds is 1. The zero-order chi connectivity index (χ0) is 15.1. The molecule has 0 aliphatic carbocycles. The Kier molecular flexibility index (Phi) is 3.19. The average Bonchev–Trinajstić information content (AvgIpc) is 2.80. The lowest BCUT2D eigenvalue weighted by molar-refractivity contribution is 0.0971. The minimum absolute atomic E-state index is 0.169. The molecule has 2 atom stereocenters. The second-order valence-corrected chi connectivity index (χ2v) is 5.40. The fourth-order valence-electron chi connectivity index (χ4n) is 2.88. The Morgan fingerprint density at radius 3 is 2.67 bits per heavy atom. The SMILES string of the molecule is C[C@@H]1CN(c2nc3cc(F)ccc3o2)C[C@H](C)N1C(=O)O. The van der Waals surface area contributed by atoms with Gasteiger partial charge < -0.3 is 14.4 Å². The molecule has 1 aromatic carbocycles. The van der Waals surface area contributed by atoms with Crippen LogP contribution in [0.15, 0.2) is 22.6 Å². The first kappa shape index (κ1) is 13.7. The van der Waals surface area contributed by atoms with Gasteiger partial charge in [-0.1, -0.05) is 0 Å². The van der Waals surface area contributed by atoms with Gasteiger partial charge in [-0.2, -0.15) is 4.98 Å². The number of hydrogen-bond donors (Lipinski definition) is 1. The van der Waals surface area contributed by atoms with E-state index in [1.807, 2.05) is 18.7 Å². The number of benzene rings is 1. The van der Waals surface area contributed by atoms with E-state index >= 15 is 0 Å². The summed E-state index contributed by atoms with van der Waals surface area (Å²) in [5, 5.41) is 9.21. The predicted molar refractivity (Wildman–Crippen MR) is 75.0 cm³/mol. The highest BCUT2D eigenvalue weighted by Gasteiger charge is 2.34. The zero-order valence-electron chi connectivity index (χ0n) is 11.8. The first-order valence-corrected chi connectivity index (χ1v) is 6.78. The van der Waals surface area contributed by atoms with E-state index in [1.54, 1.807) is 6.07 Å². The number of fused-ring (bicyclic) bond motifs is 1. The van der Waals surface area contributed by atoms with Crippen molar-refractivity contribution in [3.05, 3.63) is 24.0 Å². The third-order valence-corrected chi connectivity index (χ3v) is 3.75. The molecular weight excluding hydrogens is 277 g/mol. The van der Waals surface area contributed by atoms with Gasteiger partial charge in [0.05, 0.1) is 12.1 Å². The first-order valence-electron chi connectivity index (χ1n) is 6.78. The van der Waals surface area contributed by atoms with E-state index in [0.717, 1.165) is 0 Å². The van der Waals surface area contributed by atoms with Crippen molar-refractivity contribution in [1.29, 1.82) is 0 Å². The summed E-state index contributed by atoms with van der Waals surface area (Å²) >= 11 is 0. The lowest BCUT2D eigenvalue weighted by atomic mass is 10.1. The predicted octanol–water partition coefficient (Wildman–Crippen LogP) is 2.54. The highest BCUT2D eigenvalue weighted by Crippen LogP contribution is 2.26. The maximum atomic E-state index is 13.2. The molecule has 3 rings (SSSR count). The monoisotopic (exact) mass is 293 g/mol. The van der Waals surface area contributed by atoms with Crippen LogP contribution in [-0.2, 0) is 0 Å². The van der Waals surface area contributed by atoms with Gasteiger partial charge in [0.1, 0.15) is 11.3 Å². The van der Waals surface area contributed by atoms with E-state index in [9.17, 15) is 14.3 Å². The minimum atomic E-state index is -0.922. The maximum Gasteiger partial charge on any atom is 0.407 e. The number of carboxylic acid groups (broad SMARTS) is 1. The number of oxazole rings is 1. The van der Waals surface area contributed by atoms with E-state index in [-0.39, 0.29) is 17.9 Å². The molecule has 2 heterocycles. The van der Waals surface area contributed by atoms with Crippen LogP contribution in [0.5, 0.6) is 0 Å². The third-order valence-electron chi connectivity index (χ3n) is 3.75. The van der Waals surface area contributed by atoms with Crippen LogP contribution in [0.3, 0.4) is 0 Å². The van der Waals surface area contributed by atoms with Crippen molar-refractivity contribution in [3.8, 4) is 0 Å². The Bertz CT molecular complexity index is 675. The van der Waals surface area contributed by atoms with Crippen LogP contribution in [0.1, 0.15) is 13.8 Å². The molecule has 1 aromatic heterocycles. The largest absolute Gasteiger partial charge is 0.465 e. The van der Waals surface area contributed by atoms with Crippen LogP contribution < -0.4 is 4.90 Å². The molecular formula is C14H16FN3O3. The first-order chi connectivity index (χ1) is 9.95. The summed E-state index contributed by atoms with van der Waals surface area (Å²) in [7, 11) is 0. The van der Waals surface area contributed by atoms with Crippen LogP contribution in [-0.4, -0.2) is 46.3 Å². The lowest BCUT2D eigenvalue weighted by Gasteiger charge is -2.42. The van der Waals surface area contributed by atoms with E-state index in [0.29, 0.717) is 30.2 Å². The second kappa shape index (κ2) is 4.91. The molecule has 7 heteroatoms. The maximum absolute atomic E-state index is 13.2. The quantitative estimate of drug-likeness (QED) is 0.875. The summed E-state index contributed by atoms with van der Waals surface area (Å²) in [6.45, 7) is 4.68. The minimum Gasteiger partial charge on any atom is -0.465 e. The fraction of sp³-hybridized carbons (Fsp3) is 0.429. The summed E-state index contributed by atoms with van der Waals surface area (Å²) in [4.78, 5) is 18.8. The van der Waals surface area contributed by atoms with Crippen molar-refractivity contribution in [1.82, 2.24) is 9.88 Å². The molecule has 2 aromatic rings. The molecule has 1 aliphatic rings. The molecule has 0 bridgehead atoms. The van der Waals surface area contributed by atoms with Crippen LogP contribution in [0.4, 0.5) is 15.2 Å². The molecule has 112 valence electrons. The number of anilines is 1. The normalized spacial score (nSPS) is 22.8. The molecule has 0 radical (unpaired) electrons. The molecule has 0 saturated carbocycles. The molecule has 1 saturated heterocycles. The van der Waals surface area contributed by atoms with Crippen molar-refractivity contribution >= 4 is 23.2 Å². The Balaban J connectivity index is 1.88. The van der Waals surface area contributed by atoms with Crippen molar-refractivity contribution in [3.63, 3.8) is 0 Å². The number of aromatic nitrogens is 1. The van der Waals surface area contributed by atoms with Crippen LogP contribution in [0, 0.1) is 5.82 Å². The molecule has 1 aliphatic heterocycles. The summed E-state index contributed by atoms with van der Waals surface area (Å²) in [5.74, 6) is -0.361. The summed E-state index contributed by atoms with van der Waals surface area (Å²) in [6, 6.07) is 4.25. The highest BCUT2D eigenvalue weighted by atomic mass is 19.1. The molecule has 6 nitrogen and oxygen atoms in total. The number of hydrogen-bond acceptors (Lipinski definition) is 4. The van der Waals surface area contributed by atoms with Crippen LogP contribution in [0.2, 0.25) is 0 Å². The standard InChI is InChI=1S/C14H16FN3O3/c1-8-6-17(7-9(2)18(8)14(19)20)13-16-11-5-10(15)3-4-12(11)21-13/h3-5,8-9H,6-7H2,1-2H3,(H,19,20)/t8-,9+.